The maximum Gasteiger partial charge on any atom is 0.408 e. The van der Waals surface area contributed by atoms with Crippen LogP contribution in [-0.4, -0.2) is 56.0 Å². The number of benzene rings is 1. The van der Waals surface area contributed by atoms with Gasteiger partial charge in [0.25, 0.3) is 0 Å². The zero-order chi connectivity index (χ0) is 19.8. The summed E-state index contributed by atoms with van der Waals surface area (Å²) in [5.41, 5.74) is 0.420. The van der Waals surface area contributed by atoms with E-state index in [1.54, 1.807) is 18.2 Å². The second kappa shape index (κ2) is 9.65. The van der Waals surface area contributed by atoms with Crippen molar-refractivity contribution in [3.05, 3.63) is 35.9 Å². The number of carbonyl (C=O) groups is 1. The van der Waals surface area contributed by atoms with E-state index in [4.69, 9.17) is 0 Å². The molecule has 2 N–H and O–H groups in total. The minimum atomic E-state index is -4.62. The van der Waals surface area contributed by atoms with E-state index in [1.807, 2.05) is 5.32 Å². The summed E-state index contributed by atoms with van der Waals surface area (Å²) in [6.45, 7) is -1.08. The number of carbonyl (C=O) groups excluding carboxylic acids is 1. The van der Waals surface area contributed by atoms with Crippen LogP contribution in [-0.2, 0) is 6.42 Å². The molecule has 0 heterocycles. The lowest BCUT2D eigenvalue weighted by Gasteiger charge is -2.22. The molecule has 1 aromatic carbocycles. The summed E-state index contributed by atoms with van der Waals surface area (Å²) in [5.74, 6) is 0. The van der Waals surface area contributed by atoms with E-state index in [2.05, 4.69) is 5.32 Å². The van der Waals surface area contributed by atoms with Crippen LogP contribution in [0.3, 0.4) is 0 Å². The van der Waals surface area contributed by atoms with Gasteiger partial charge in [-0.1, -0.05) is 30.3 Å². The molecule has 0 unspecified atom stereocenters. The summed E-state index contributed by atoms with van der Waals surface area (Å²) in [6.07, 6.45) is -9.18. The first-order valence-corrected chi connectivity index (χ1v) is 7.87. The first-order valence-electron chi connectivity index (χ1n) is 7.87. The smallest absolute Gasteiger partial charge is 0.338 e. The molecule has 0 aliphatic heterocycles. The Morgan fingerprint density at radius 2 is 1.73 bits per heavy atom. The zero-order valence-electron chi connectivity index (χ0n) is 14.1. The SMILES string of the molecule is CN(CCCNC(=O)N[C@@H](Cc1ccccc1)C(F)(F)F)CC(F)(F)F. The lowest BCUT2D eigenvalue weighted by atomic mass is 10.1. The minimum absolute atomic E-state index is 0.0378. The number of hydrogen-bond donors (Lipinski definition) is 2. The number of rotatable bonds is 8. The van der Waals surface area contributed by atoms with Gasteiger partial charge in [-0.15, -0.1) is 0 Å². The Labute approximate surface area is 147 Å². The molecule has 0 bridgehead atoms. The molecule has 0 aliphatic carbocycles. The molecule has 0 saturated heterocycles. The molecule has 10 heteroatoms. The second-order valence-electron chi connectivity index (χ2n) is 5.89. The van der Waals surface area contributed by atoms with E-state index in [9.17, 15) is 31.1 Å². The van der Waals surface area contributed by atoms with Gasteiger partial charge in [-0.3, -0.25) is 4.90 Å². The maximum absolute atomic E-state index is 13.1. The number of nitrogens with zero attached hydrogens (tertiary/aromatic N) is 1. The molecular weight excluding hydrogens is 364 g/mol. The van der Waals surface area contributed by atoms with Crippen molar-refractivity contribution in [3.8, 4) is 0 Å². The van der Waals surface area contributed by atoms with Gasteiger partial charge in [0.2, 0.25) is 0 Å². The van der Waals surface area contributed by atoms with Gasteiger partial charge in [0.15, 0.2) is 0 Å². The van der Waals surface area contributed by atoms with E-state index in [0.29, 0.717) is 5.56 Å². The molecule has 0 spiro atoms. The van der Waals surface area contributed by atoms with Crippen LogP contribution in [0.1, 0.15) is 12.0 Å². The van der Waals surface area contributed by atoms with E-state index in [1.165, 1.54) is 19.2 Å². The fraction of sp³-hybridized carbons (Fsp3) is 0.562. The van der Waals surface area contributed by atoms with Gasteiger partial charge >= 0.3 is 18.4 Å². The molecule has 2 amide bonds. The van der Waals surface area contributed by atoms with Crippen molar-refractivity contribution in [2.45, 2.75) is 31.2 Å². The van der Waals surface area contributed by atoms with Gasteiger partial charge in [-0.2, -0.15) is 26.3 Å². The van der Waals surface area contributed by atoms with Crippen LogP contribution >= 0.6 is 0 Å². The third-order valence-corrected chi connectivity index (χ3v) is 3.43. The van der Waals surface area contributed by atoms with E-state index in [-0.39, 0.29) is 19.5 Å². The average molecular weight is 385 g/mol. The predicted octanol–water partition coefficient (Wildman–Crippen LogP) is 3.34. The van der Waals surface area contributed by atoms with Crippen LogP contribution in [0.4, 0.5) is 31.1 Å². The third kappa shape index (κ3) is 9.50. The monoisotopic (exact) mass is 385 g/mol. The molecular formula is C16H21F6N3O. The Kier molecular flexibility index (Phi) is 8.19. The maximum atomic E-state index is 13.1. The number of urea groups is 1. The van der Waals surface area contributed by atoms with E-state index < -0.39 is 37.4 Å². The highest BCUT2D eigenvalue weighted by atomic mass is 19.4. The summed E-state index contributed by atoms with van der Waals surface area (Å²) in [5, 5.41) is 4.09. The molecule has 0 radical (unpaired) electrons. The van der Waals surface area contributed by atoms with Crippen molar-refractivity contribution in [1.82, 2.24) is 15.5 Å². The standard InChI is InChI=1S/C16H21F6N3O/c1-25(11-15(17,18)19)9-5-8-23-14(26)24-13(16(20,21)22)10-12-6-3-2-4-7-12/h2-4,6-7,13H,5,8-11H2,1H3,(H2,23,24,26)/t13-/m0/s1. The third-order valence-electron chi connectivity index (χ3n) is 3.43. The van der Waals surface area contributed by atoms with Crippen LogP contribution in [0.25, 0.3) is 0 Å². The number of halogens is 6. The Bertz CT molecular complexity index is 547. The average Bonchev–Trinajstić information content (AvgIpc) is 2.49. The highest BCUT2D eigenvalue weighted by Crippen LogP contribution is 2.23. The summed E-state index contributed by atoms with van der Waals surface area (Å²) < 4.78 is 75.6. The summed E-state index contributed by atoms with van der Waals surface area (Å²) in [6, 6.07) is 4.84. The normalized spacial score (nSPS) is 13.5. The van der Waals surface area contributed by atoms with Crippen LogP contribution in [0, 0.1) is 0 Å². The fourth-order valence-corrected chi connectivity index (χ4v) is 2.24. The Morgan fingerprint density at radius 3 is 2.27 bits per heavy atom. The number of nitrogens with one attached hydrogen (secondary N) is 2. The Balaban J connectivity index is 2.40. The second-order valence-corrected chi connectivity index (χ2v) is 5.89. The van der Waals surface area contributed by atoms with Crippen molar-refractivity contribution < 1.29 is 31.1 Å². The molecule has 1 rings (SSSR count). The Hall–Kier alpha value is -1.97. The van der Waals surface area contributed by atoms with Crippen LogP contribution < -0.4 is 10.6 Å². The van der Waals surface area contributed by atoms with Gasteiger partial charge in [0, 0.05) is 13.0 Å². The van der Waals surface area contributed by atoms with Crippen molar-refractivity contribution in [1.29, 1.82) is 0 Å². The van der Waals surface area contributed by atoms with Gasteiger partial charge in [0.05, 0.1) is 6.54 Å². The quantitative estimate of drug-likeness (QED) is 0.533. The van der Waals surface area contributed by atoms with Crippen molar-refractivity contribution in [3.63, 3.8) is 0 Å². The highest BCUT2D eigenvalue weighted by molar-refractivity contribution is 5.74. The molecule has 4 nitrogen and oxygen atoms in total. The summed E-state index contributed by atoms with van der Waals surface area (Å²) in [7, 11) is 1.27. The van der Waals surface area contributed by atoms with Crippen LogP contribution in [0.2, 0.25) is 0 Å². The van der Waals surface area contributed by atoms with Gasteiger partial charge < -0.3 is 10.6 Å². The predicted molar refractivity (Wildman–Crippen MR) is 84.7 cm³/mol. The van der Waals surface area contributed by atoms with Crippen LogP contribution in [0.5, 0.6) is 0 Å². The number of alkyl halides is 6. The molecule has 1 aromatic rings. The van der Waals surface area contributed by atoms with Crippen molar-refractivity contribution in [2.75, 3.05) is 26.7 Å². The van der Waals surface area contributed by atoms with Gasteiger partial charge in [0.1, 0.15) is 6.04 Å². The molecule has 26 heavy (non-hydrogen) atoms. The minimum Gasteiger partial charge on any atom is -0.338 e. The lowest BCUT2D eigenvalue weighted by molar-refractivity contribution is -0.152. The summed E-state index contributed by atoms with van der Waals surface area (Å²) in [4.78, 5) is 12.7. The van der Waals surface area contributed by atoms with Gasteiger partial charge in [-0.25, -0.2) is 4.79 Å². The molecule has 0 aliphatic rings. The molecule has 0 aromatic heterocycles. The number of hydrogen-bond acceptors (Lipinski definition) is 2. The highest BCUT2D eigenvalue weighted by Gasteiger charge is 2.40. The molecule has 0 saturated carbocycles. The van der Waals surface area contributed by atoms with Gasteiger partial charge in [-0.05, 0) is 25.6 Å². The number of amides is 2. The molecule has 1 atom stereocenters. The Morgan fingerprint density at radius 1 is 1.12 bits per heavy atom. The first-order chi connectivity index (χ1) is 12.0. The zero-order valence-corrected chi connectivity index (χ0v) is 14.1. The fourth-order valence-electron chi connectivity index (χ4n) is 2.24. The largest absolute Gasteiger partial charge is 0.408 e. The van der Waals surface area contributed by atoms with E-state index in [0.717, 1.165) is 4.90 Å². The lowest BCUT2D eigenvalue weighted by Crippen LogP contribution is -2.50. The van der Waals surface area contributed by atoms with Crippen molar-refractivity contribution in [2.24, 2.45) is 0 Å². The molecule has 0 fully saturated rings. The molecule has 148 valence electrons. The summed E-state index contributed by atoms with van der Waals surface area (Å²) >= 11 is 0. The van der Waals surface area contributed by atoms with E-state index >= 15 is 0 Å². The van der Waals surface area contributed by atoms with Crippen molar-refractivity contribution >= 4 is 6.03 Å². The topological polar surface area (TPSA) is 44.4 Å². The first kappa shape index (κ1) is 22.1. The van der Waals surface area contributed by atoms with Crippen LogP contribution in [0.15, 0.2) is 30.3 Å².